The van der Waals surface area contributed by atoms with Crippen molar-refractivity contribution >= 4 is 16.7 Å². The molecule has 2 heterocycles. The van der Waals surface area contributed by atoms with Crippen LogP contribution in [-0.4, -0.2) is 20.7 Å². The Kier molecular flexibility index (Phi) is 1.77. The molecule has 0 amide bonds. The highest BCUT2D eigenvalue weighted by atomic mass is 16.5. The molecule has 2 aromatic heterocycles. The molecule has 14 heavy (non-hydrogen) atoms. The molecule has 0 saturated heterocycles. The fourth-order valence-corrected chi connectivity index (χ4v) is 1.69. The Morgan fingerprint density at radius 1 is 1.57 bits per heavy atom. The number of aromatic nitrogens is 2. The van der Waals surface area contributed by atoms with Crippen LogP contribution in [0.2, 0.25) is 0 Å². The summed E-state index contributed by atoms with van der Waals surface area (Å²) in [6.07, 6.45) is 3.14. The molecule has 0 aliphatic rings. The van der Waals surface area contributed by atoms with Gasteiger partial charge in [0.15, 0.2) is 5.78 Å². The molecule has 0 saturated carbocycles. The van der Waals surface area contributed by atoms with E-state index >= 15 is 0 Å². The minimum atomic E-state index is -0.0495. The summed E-state index contributed by atoms with van der Waals surface area (Å²) in [4.78, 5) is 15.2. The Balaban J connectivity index is 2.95. The molecule has 0 atom stereocenters. The highest BCUT2D eigenvalue weighted by Gasteiger charge is 2.16. The van der Waals surface area contributed by atoms with Crippen LogP contribution in [-0.2, 0) is 0 Å². The lowest BCUT2D eigenvalue weighted by atomic mass is 10.1. The summed E-state index contributed by atoms with van der Waals surface area (Å²) in [6.45, 7) is 3.19. The fourth-order valence-electron chi connectivity index (χ4n) is 1.69. The second kappa shape index (κ2) is 2.83. The maximum absolute atomic E-state index is 11.3. The first-order valence-corrected chi connectivity index (χ1v) is 4.28. The SMILES string of the molecule is CC(=O)c1c(C)n(O)c2cnccc12. The summed E-state index contributed by atoms with van der Waals surface area (Å²) in [6, 6.07) is 1.73. The normalized spacial score (nSPS) is 10.7. The van der Waals surface area contributed by atoms with E-state index in [1.807, 2.05) is 0 Å². The monoisotopic (exact) mass is 190 g/mol. The highest BCUT2D eigenvalue weighted by Crippen LogP contribution is 2.23. The molecular formula is C10H10N2O2. The molecule has 1 N–H and O–H groups in total. The van der Waals surface area contributed by atoms with Crippen LogP contribution in [0.1, 0.15) is 23.0 Å². The van der Waals surface area contributed by atoms with E-state index in [-0.39, 0.29) is 5.78 Å². The molecule has 0 bridgehead atoms. The Labute approximate surface area is 80.8 Å². The molecule has 0 unspecified atom stereocenters. The summed E-state index contributed by atoms with van der Waals surface area (Å²) in [7, 11) is 0. The second-order valence-corrected chi connectivity index (χ2v) is 3.22. The van der Waals surface area contributed by atoms with Gasteiger partial charge in [-0.3, -0.25) is 9.78 Å². The first-order valence-electron chi connectivity index (χ1n) is 4.28. The minimum absolute atomic E-state index is 0.0495. The van der Waals surface area contributed by atoms with E-state index in [1.54, 1.807) is 19.2 Å². The lowest BCUT2D eigenvalue weighted by molar-refractivity contribution is 0.101. The summed E-state index contributed by atoms with van der Waals surface area (Å²) in [5.41, 5.74) is 1.68. The molecule has 72 valence electrons. The number of carbonyl (C=O) groups excluding carboxylic acids is 1. The van der Waals surface area contributed by atoms with Crippen molar-refractivity contribution in [3.05, 3.63) is 29.7 Å². The third-order valence-corrected chi connectivity index (χ3v) is 2.33. The van der Waals surface area contributed by atoms with Crippen molar-refractivity contribution in [2.45, 2.75) is 13.8 Å². The van der Waals surface area contributed by atoms with E-state index in [4.69, 9.17) is 0 Å². The molecule has 0 radical (unpaired) electrons. The Bertz CT molecular complexity index is 514. The number of ketones is 1. The van der Waals surface area contributed by atoms with Gasteiger partial charge in [-0.1, -0.05) is 0 Å². The average molecular weight is 190 g/mol. The summed E-state index contributed by atoms with van der Waals surface area (Å²) >= 11 is 0. The summed E-state index contributed by atoms with van der Waals surface area (Å²) < 4.78 is 0.999. The van der Waals surface area contributed by atoms with Crippen molar-refractivity contribution in [1.29, 1.82) is 0 Å². The van der Waals surface area contributed by atoms with Gasteiger partial charge < -0.3 is 5.21 Å². The van der Waals surface area contributed by atoms with E-state index in [2.05, 4.69) is 4.98 Å². The van der Waals surface area contributed by atoms with E-state index in [1.165, 1.54) is 13.1 Å². The molecule has 4 heteroatoms. The third-order valence-electron chi connectivity index (χ3n) is 2.33. The first-order chi connectivity index (χ1) is 6.63. The van der Waals surface area contributed by atoms with E-state index in [0.29, 0.717) is 16.8 Å². The van der Waals surface area contributed by atoms with Crippen LogP contribution in [0.4, 0.5) is 0 Å². The quantitative estimate of drug-likeness (QED) is 0.551. The van der Waals surface area contributed by atoms with Crippen molar-refractivity contribution in [2.75, 3.05) is 0 Å². The number of hydrogen-bond donors (Lipinski definition) is 1. The Morgan fingerprint density at radius 3 is 2.93 bits per heavy atom. The van der Waals surface area contributed by atoms with Crippen molar-refractivity contribution in [3.63, 3.8) is 0 Å². The maximum Gasteiger partial charge on any atom is 0.162 e. The van der Waals surface area contributed by atoms with Crippen molar-refractivity contribution in [3.8, 4) is 0 Å². The standard InChI is InChI=1S/C10H10N2O2/c1-6-10(7(2)13)8-3-4-11-5-9(8)12(6)14/h3-5,14H,1-2H3. The summed E-state index contributed by atoms with van der Waals surface area (Å²) in [5, 5.41) is 10.4. The topological polar surface area (TPSA) is 55.1 Å². The molecule has 0 spiro atoms. The van der Waals surface area contributed by atoms with Crippen molar-refractivity contribution in [2.24, 2.45) is 0 Å². The van der Waals surface area contributed by atoms with Gasteiger partial charge in [-0.05, 0) is 19.9 Å². The van der Waals surface area contributed by atoms with E-state index in [0.717, 1.165) is 10.1 Å². The van der Waals surface area contributed by atoms with Crippen molar-refractivity contribution in [1.82, 2.24) is 9.71 Å². The molecule has 0 fully saturated rings. The first kappa shape index (κ1) is 8.74. The Morgan fingerprint density at radius 2 is 2.29 bits per heavy atom. The zero-order valence-corrected chi connectivity index (χ0v) is 7.98. The number of nitrogens with zero attached hydrogens (tertiary/aromatic N) is 2. The Hall–Kier alpha value is -1.84. The molecular weight excluding hydrogens is 180 g/mol. The van der Waals surface area contributed by atoms with E-state index in [9.17, 15) is 10.0 Å². The van der Waals surface area contributed by atoms with Gasteiger partial charge in [0.05, 0.1) is 11.9 Å². The van der Waals surface area contributed by atoms with Crippen LogP contribution >= 0.6 is 0 Å². The molecule has 2 rings (SSSR count). The largest absolute Gasteiger partial charge is 0.428 e. The lowest BCUT2D eigenvalue weighted by Crippen LogP contribution is -1.97. The van der Waals surface area contributed by atoms with Crippen LogP contribution in [0.25, 0.3) is 10.9 Å². The van der Waals surface area contributed by atoms with Crippen LogP contribution in [0.3, 0.4) is 0 Å². The molecule has 0 aliphatic carbocycles. The van der Waals surface area contributed by atoms with Gasteiger partial charge in [0.1, 0.15) is 5.52 Å². The van der Waals surface area contributed by atoms with Crippen LogP contribution in [0.5, 0.6) is 0 Å². The molecule has 2 aromatic rings. The number of fused-ring (bicyclic) bond motifs is 1. The number of pyridine rings is 1. The number of carbonyl (C=O) groups is 1. The van der Waals surface area contributed by atoms with Gasteiger partial charge in [0.25, 0.3) is 0 Å². The lowest BCUT2D eigenvalue weighted by Gasteiger charge is -1.95. The zero-order valence-electron chi connectivity index (χ0n) is 7.98. The van der Waals surface area contributed by atoms with Crippen LogP contribution in [0, 0.1) is 6.92 Å². The molecule has 0 aliphatic heterocycles. The smallest absolute Gasteiger partial charge is 0.162 e. The van der Waals surface area contributed by atoms with Gasteiger partial charge in [0, 0.05) is 17.1 Å². The predicted octanol–water partition coefficient (Wildman–Crippen LogP) is 1.78. The van der Waals surface area contributed by atoms with Gasteiger partial charge in [-0.15, -0.1) is 0 Å². The van der Waals surface area contributed by atoms with Gasteiger partial charge in [-0.25, -0.2) is 0 Å². The van der Waals surface area contributed by atoms with E-state index < -0.39 is 0 Å². The van der Waals surface area contributed by atoms with Crippen LogP contribution < -0.4 is 0 Å². The highest BCUT2D eigenvalue weighted by molar-refractivity contribution is 6.08. The van der Waals surface area contributed by atoms with Gasteiger partial charge in [0.2, 0.25) is 0 Å². The third kappa shape index (κ3) is 1.00. The molecule has 4 nitrogen and oxygen atoms in total. The number of Topliss-reactive ketones (excluding diaryl/α,β-unsaturated/α-hetero) is 1. The summed E-state index contributed by atoms with van der Waals surface area (Å²) in [5.74, 6) is -0.0495. The predicted molar refractivity (Wildman–Crippen MR) is 51.7 cm³/mol. The number of hydrogen-bond acceptors (Lipinski definition) is 3. The molecule has 0 aromatic carbocycles. The zero-order chi connectivity index (χ0) is 10.3. The number of rotatable bonds is 1. The van der Waals surface area contributed by atoms with Gasteiger partial charge in [-0.2, -0.15) is 4.73 Å². The van der Waals surface area contributed by atoms with Crippen molar-refractivity contribution < 1.29 is 10.0 Å². The maximum atomic E-state index is 11.3. The fraction of sp³-hybridized carbons (Fsp3) is 0.200. The average Bonchev–Trinajstić information content (AvgIpc) is 2.41. The van der Waals surface area contributed by atoms with Crippen LogP contribution in [0.15, 0.2) is 18.5 Å². The minimum Gasteiger partial charge on any atom is -0.428 e. The van der Waals surface area contributed by atoms with Gasteiger partial charge >= 0.3 is 0 Å². The second-order valence-electron chi connectivity index (χ2n) is 3.22.